The van der Waals surface area contributed by atoms with E-state index in [1.165, 1.54) is 17.2 Å². The third-order valence-corrected chi connectivity index (χ3v) is 5.19. The van der Waals surface area contributed by atoms with Gasteiger partial charge in [-0.3, -0.25) is 4.79 Å². The highest BCUT2D eigenvalue weighted by molar-refractivity contribution is 5.97. The molecule has 0 aliphatic carbocycles. The van der Waals surface area contributed by atoms with Crippen molar-refractivity contribution in [2.75, 3.05) is 18.8 Å². The number of aromatic amines is 1. The van der Waals surface area contributed by atoms with Gasteiger partial charge >= 0.3 is 0 Å². The van der Waals surface area contributed by atoms with Gasteiger partial charge in [0, 0.05) is 53.9 Å². The number of aromatic nitrogens is 2. The Morgan fingerprint density at radius 2 is 2.12 bits per heavy atom. The number of nitrogens with zero attached hydrogens (tertiary/aromatic N) is 2. The van der Waals surface area contributed by atoms with Gasteiger partial charge in [0.2, 0.25) is 0 Å². The molecule has 0 unspecified atom stereocenters. The van der Waals surface area contributed by atoms with E-state index in [0.29, 0.717) is 22.7 Å². The number of piperidine rings is 1. The summed E-state index contributed by atoms with van der Waals surface area (Å²) in [6, 6.07) is 9.19. The predicted molar refractivity (Wildman–Crippen MR) is 103 cm³/mol. The Kier molecular flexibility index (Phi) is 4.16. The number of benzene rings is 1. The number of likely N-dealkylation sites (tertiary alicyclic amines) is 1. The summed E-state index contributed by atoms with van der Waals surface area (Å²) in [4.78, 5) is 22.2. The van der Waals surface area contributed by atoms with Crippen LogP contribution in [0.2, 0.25) is 0 Å². The van der Waals surface area contributed by atoms with Crippen LogP contribution in [0.3, 0.4) is 0 Å². The summed E-state index contributed by atoms with van der Waals surface area (Å²) in [7, 11) is 0. The van der Waals surface area contributed by atoms with Crippen LogP contribution in [0.25, 0.3) is 11.0 Å². The van der Waals surface area contributed by atoms with Crippen LogP contribution in [0.1, 0.15) is 40.2 Å². The number of nitrogens with two attached hydrogens (primary N) is 1. The van der Waals surface area contributed by atoms with E-state index in [9.17, 15) is 4.79 Å². The van der Waals surface area contributed by atoms with Crippen molar-refractivity contribution < 1.29 is 4.79 Å². The van der Waals surface area contributed by atoms with Gasteiger partial charge < -0.3 is 21.0 Å². The first kappa shape index (κ1) is 16.3. The highest BCUT2D eigenvalue weighted by Crippen LogP contribution is 2.33. The molecule has 1 aliphatic rings. The molecule has 0 atom stereocenters. The molecule has 1 saturated heterocycles. The van der Waals surface area contributed by atoms with Gasteiger partial charge in [-0.25, -0.2) is 4.98 Å². The maximum Gasteiger partial charge on any atom is 0.253 e. The van der Waals surface area contributed by atoms with Crippen LogP contribution >= 0.6 is 0 Å². The lowest BCUT2D eigenvalue weighted by molar-refractivity contribution is 0.0713. The Balaban J connectivity index is 1.47. The molecule has 26 heavy (non-hydrogen) atoms. The number of pyridine rings is 1. The zero-order chi connectivity index (χ0) is 18.1. The molecule has 3 aromatic rings. The number of anilines is 1. The van der Waals surface area contributed by atoms with E-state index in [2.05, 4.69) is 22.2 Å². The normalized spacial score (nSPS) is 15.3. The molecule has 6 heteroatoms. The lowest BCUT2D eigenvalue weighted by Gasteiger charge is -2.32. The van der Waals surface area contributed by atoms with Crippen molar-refractivity contribution in [1.29, 1.82) is 5.41 Å². The third kappa shape index (κ3) is 2.83. The number of amides is 1. The third-order valence-electron chi connectivity index (χ3n) is 5.19. The van der Waals surface area contributed by atoms with Gasteiger partial charge in [-0.1, -0.05) is 6.07 Å². The number of nitrogen functional groups attached to an aromatic ring is 1. The SMILES string of the molecule is N=Cc1ccc(C(=O)N2CCC(c3c[nH]c4ncccc34)CC2)cc1N. The minimum Gasteiger partial charge on any atom is -0.398 e. The van der Waals surface area contributed by atoms with E-state index in [-0.39, 0.29) is 5.91 Å². The molecule has 132 valence electrons. The number of H-pyrrole nitrogens is 1. The fourth-order valence-electron chi connectivity index (χ4n) is 3.73. The van der Waals surface area contributed by atoms with Crippen LogP contribution in [0.5, 0.6) is 0 Å². The number of carbonyl (C=O) groups is 1. The monoisotopic (exact) mass is 347 g/mol. The van der Waals surface area contributed by atoms with Gasteiger partial charge in [0.25, 0.3) is 5.91 Å². The average molecular weight is 347 g/mol. The number of hydrogen-bond donors (Lipinski definition) is 3. The van der Waals surface area contributed by atoms with Gasteiger partial charge in [0.05, 0.1) is 0 Å². The molecule has 1 fully saturated rings. The Bertz CT molecular complexity index is 969. The minimum absolute atomic E-state index is 0.00674. The second kappa shape index (κ2) is 6.63. The summed E-state index contributed by atoms with van der Waals surface area (Å²) >= 11 is 0. The molecule has 1 aromatic carbocycles. The Morgan fingerprint density at radius 1 is 1.31 bits per heavy atom. The topological polar surface area (TPSA) is 98.9 Å². The second-order valence-electron chi connectivity index (χ2n) is 6.70. The summed E-state index contributed by atoms with van der Waals surface area (Å²) in [5.41, 5.74) is 9.80. The summed E-state index contributed by atoms with van der Waals surface area (Å²) in [6.45, 7) is 1.45. The van der Waals surface area contributed by atoms with E-state index in [1.807, 2.05) is 11.0 Å². The van der Waals surface area contributed by atoms with Crippen molar-refractivity contribution in [1.82, 2.24) is 14.9 Å². The smallest absolute Gasteiger partial charge is 0.253 e. The Morgan fingerprint density at radius 3 is 2.85 bits per heavy atom. The molecule has 0 radical (unpaired) electrons. The Hall–Kier alpha value is -3.15. The number of fused-ring (bicyclic) bond motifs is 1. The first-order valence-corrected chi connectivity index (χ1v) is 8.78. The van der Waals surface area contributed by atoms with E-state index >= 15 is 0 Å². The molecule has 4 rings (SSSR count). The van der Waals surface area contributed by atoms with Gasteiger partial charge in [0.15, 0.2) is 0 Å². The first-order valence-electron chi connectivity index (χ1n) is 8.78. The van der Waals surface area contributed by atoms with Crippen molar-refractivity contribution in [3.63, 3.8) is 0 Å². The fourth-order valence-corrected chi connectivity index (χ4v) is 3.73. The zero-order valence-corrected chi connectivity index (χ0v) is 14.4. The molecular formula is C20H21N5O. The Labute approximate surface area is 151 Å². The van der Waals surface area contributed by atoms with Gasteiger partial charge in [0.1, 0.15) is 5.65 Å². The lowest BCUT2D eigenvalue weighted by atomic mass is 9.89. The second-order valence-corrected chi connectivity index (χ2v) is 6.70. The largest absolute Gasteiger partial charge is 0.398 e. The summed E-state index contributed by atoms with van der Waals surface area (Å²) in [5.74, 6) is 0.439. The van der Waals surface area contributed by atoms with Gasteiger partial charge in [-0.2, -0.15) is 0 Å². The molecular weight excluding hydrogens is 326 g/mol. The van der Waals surface area contributed by atoms with Gasteiger partial charge in [-0.05, 0) is 48.6 Å². The molecule has 0 saturated carbocycles. The maximum absolute atomic E-state index is 12.8. The van der Waals surface area contributed by atoms with Crippen LogP contribution in [-0.4, -0.2) is 40.1 Å². The van der Waals surface area contributed by atoms with E-state index in [1.54, 1.807) is 24.4 Å². The molecule has 2 aromatic heterocycles. The number of carbonyl (C=O) groups excluding carboxylic acids is 1. The van der Waals surface area contributed by atoms with Crippen LogP contribution < -0.4 is 5.73 Å². The van der Waals surface area contributed by atoms with Crippen LogP contribution in [0.15, 0.2) is 42.7 Å². The number of hydrogen-bond acceptors (Lipinski definition) is 4. The summed E-state index contributed by atoms with van der Waals surface area (Å²) < 4.78 is 0. The quantitative estimate of drug-likeness (QED) is 0.501. The molecule has 0 spiro atoms. The fraction of sp³-hybridized carbons (Fsp3) is 0.250. The molecule has 4 N–H and O–H groups in total. The van der Waals surface area contributed by atoms with Crippen molar-refractivity contribution in [3.8, 4) is 0 Å². The van der Waals surface area contributed by atoms with Crippen molar-refractivity contribution >= 4 is 28.8 Å². The average Bonchev–Trinajstić information content (AvgIpc) is 3.11. The summed E-state index contributed by atoms with van der Waals surface area (Å²) in [6.07, 6.45) is 6.91. The molecule has 1 aliphatic heterocycles. The lowest BCUT2D eigenvalue weighted by Crippen LogP contribution is -2.37. The predicted octanol–water partition coefficient (Wildman–Crippen LogP) is 3.16. The van der Waals surface area contributed by atoms with Gasteiger partial charge in [-0.15, -0.1) is 0 Å². The van der Waals surface area contributed by atoms with Crippen LogP contribution in [-0.2, 0) is 0 Å². The molecule has 6 nitrogen and oxygen atoms in total. The first-order chi connectivity index (χ1) is 12.7. The minimum atomic E-state index is 0.00674. The number of rotatable bonds is 3. The molecule has 3 heterocycles. The molecule has 1 amide bonds. The van der Waals surface area contributed by atoms with E-state index in [4.69, 9.17) is 11.1 Å². The zero-order valence-electron chi connectivity index (χ0n) is 14.4. The summed E-state index contributed by atoms with van der Waals surface area (Å²) in [5, 5.41) is 8.47. The van der Waals surface area contributed by atoms with Crippen molar-refractivity contribution in [2.45, 2.75) is 18.8 Å². The van der Waals surface area contributed by atoms with Crippen molar-refractivity contribution in [2.24, 2.45) is 0 Å². The maximum atomic E-state index is 12.8. The van der Waals surface area contributed by atoms with Crippen LogP contribution in [0, 0.1) is 5.41 Å². The number of nitrogens with one attached hydrogen (secondary N) is 2. The highest BCUT2D eigenvalue weighted by Gasteiger charge is 2.26. The molecule has 0 bridgehead atoms. The van der Waals surface area contributed by atoms with Crippen molar-refractivity contribution in [3.05, 3.63) is 59.4 Å². The van der Waals surface area contributed by atoms with Crippen LogP contribution in [0.4, 0.5) is 5.69 Å². The van der Waals surface area contributed by atoms with E-state index < -0.39 is 0 Å². The highest BCUT2D eigenvalue weighted by atomic mass is 16.2. The van der Waals surface area contributed by atoms with E-state index in [0.717, 1.165) is 31.6 Å². The standard InChI is InChI=1S/C20H21N5O/c21-11-15-4-3-14(10-18(15)22)20(26)25-8-5-13(6-9-25)17-12-24-19-16(17)2-1-7-23-19/h1-4,7,10-13,21H,5-6,8-9,22H2,(H,23,24).